The van der Waals surface area contributed by atoms with Crippen LogP contribution in [-0.4, -0.2) is 48.8 Å². The van der Waals surface area contributed by atoms with Gasteiger partial charge in [-0.1, -0.05) is 0 Å². The molecule has 0 radical (unpaired) electrons. The molecule has 0 aliphatic heterocycles. The van der Waals surface area contributed by atoms with E-state index in [2.05, 4.69) is 0 Å². The van der Waals surface area contributed by atoms with Gasteiger partial charge in [-0.25, -0.2) is 0 Å². The molecule has 0 aliphatic carbocycles. The maximum Gasteiger partial charge on any atom is 0.254 e. The van der Waals surface area contributed by atoms with Crippen molar-refractivity contribution < 1.29 is 9.59 Å². The highest BCUT2D eigenvalue weighted by atomic mass is 16.2. The van der Waals surface area contributed by atoms with Crippen molar-refractivity contribution >= 4 is 17.5 Å². The van der Waals surface area contributed by atoms with Crippen LogP contribution in [0.2, 0.25) is 0 Å². The normalized spacial score (nSPS) is 10.1. The van der Waals surface area contributed by atoms with Gasteiger partial charge in [0.2, 0.25) is 5.91 Å². The number of anilines is 1. The third kappa shape index (κ3) is 3.71. The van der Waals surface area contributed by atoms with Crippen molar-refractivity contribution in [1.29, 1.82) is 0 Å². The maximum absolute atomic E-state index is 12.4. The Morgan fingerprint density at radius 1 is 1.26 bits per heavy atom. The summed E-state index contributed by atoms with van der Waals surface area (Å²) in [4.78, 5) is 27.1. The standard InChI is InChI=1S/C14H21N3O2/c1-5-17(9-13(18)16(3)4)14(19)12-7-6-11(15)8-10(12)2/h6-8H,5,9,15H2,1-4H3. The van der Waals surface area contributed by atoms with Gasteiger partial charge in [0.1, 0.15) is 0 Å². The largest absolute Gasteiger partial charge is 0.399 e. The fraction of sp³-hybridized carbons (Fsp3) is 0.429. The molecular weight excluding hydrogens is 242 g/mol. The topological polar surface area (TPSA) is 66.6 Å². The van der Waals surface area contributed by atoms with Gasteiger partial charge in [0.25, 0.3) is 5.91 Å². The Morgan fingerprint density at radius 3 is 2.37 bits per heavy atom. The fourth-order valence-electron chi connectivity index (χ4n) is 1.73. The molecule has 1 aromatic rings. The second-order valence-corrected chi connectivity index (χ2v) is 4.68. The van der Waals surface area contributed by atoms with Crippen molar-refractivity contribution in [3.05, 3.63) is 29.3 Å². The summed E-state index contributed by atoms with van der Waals surface area (Å²) >= 11 is 0. The molecule has 5 nitrogen and oxygen atoms in total. The van der Waals surface area contributed by atoms with Crippen LogP contribution in [0.4, 0.5) is 5.69 Å². The number of nitrogens with two attached hydrogens (primary N) is 1. The number of nitrogens with zero attached hydrogens (tertiary/aromatic N) is 2. The van der Waals surface area contributed by atoms with Crippen LogP contribution in [0, 0.1) is 6.92 Å². The molecule has 0 aromatic heterocycles. The number of likely N-dealkylation sites (N-methyl/N-ethyl adjacent to an activating group) is 2. The summed E-state index contributed by atoms with van der Waals surface area (Å²) in [5, 5.41) is 0. The summed E-state index contributed by atoms with van der Waals surface area (Å²) in [5.41, 5.74) is 7.70. The first-order valence-corrected chi connectivity index (χ1v) is 6.22. The molecule has 0 unspecified atom stereocenters. The molecule has 1 rings (SSSR count). The minimum absolute atomic E-state index is 0.0894. The van der Waals surface area contributed by atoms with Crippen molar-refractivity contribution in [2.75, 3.05) is 32.9 Å². The van der Waals surface area contributed by atoms with E-state index >= 15 is 0 Å². The molecule has 2 amide bonds. The van der Waals surface area contributed by atoms with Crippen LogP contribution < -0.4 is 5.73 Å². The number of benzene rings is 1. The van der Waals surface area contributed by atoms with Crippen LogP contribution in [-0.2, 0) is 4.79 Å². The van der Waals surface area contributed by atoms with Gasteiger partial charge in [-0.05, 0) is 37.6 Å². The Labute approximate surface area is 114 Å². The molecule has 5 heteroatoms. The van der Waals surface area contributed by atoms with Crippen molar-refractivity contribution in [2.45, 2.75) is 13.8 Å². The number of amides is 2. The number of carbonyl (C=O) groups excluding carboxylic acids is 2. The highest BCUT2D eigenvalue weighted by molar-refractivity contribution is 5.98. The predicted molar refractivity (Wildman–Crippen MR) is 75.9 cm³/mol. The third-order valence-corrected chi connectivity index (χ3v) is 2.97. The van der Waals surface area contributed by atoms with Crippen molar-refractivity contribution in [3.8, 4) is 0 Å². The van der Waals surface area contributed by atoms with Gasteiger partial charge < -0.3 is 15.5 Å². The van der Waals surface area contributed by atoms with Gasteiger partial charge in [0, 0.05) is 31.9 Å². The minimum atomic E-state index is -0.143. The van der Waals surface area contributed by atoms with Crippen molar-refractivity contribution in [3.63, 3.8) is 0 Å². The van der Waals surface area contributed by atoms with E-state index in [0.29, 0.717) is 17.8 Å². The zero-order valence-electron chi connectivity index (χ0n) is 11.9. The smallest absolute Gasteiger partial charge is 0.254 e. The number of aryl methyl sites for hydroxylation is 1. The quantitative estimate of drug-likeness (QED) is 0.828. The molecular formula is C14H21N3O2. The zero-order valence-corrected chi connectivity index (χ0v) is 11.9. The zero-order chi connectivity index (χ0) is 14.6. The maximum atomic E-state index is 12.4. The molecule has 104 valence electrons. The summed E-state index contributed by atoms with van der Waals surface area (Å²) in [5.74, 6) is -0.238. The fourth-order valence-corrected chi connectivity index (χ4v) is 1.73. The molecule has 2 N–H and O–H groups in total. The van der Waals surface area contributed by atoms with Gasteiger partial charge in [0.05, 0.1) is 6.54 Å². The SMILES string of the molecule is CCN(CC(=O)N(C)C)C(=O)c1ccc(N)cc1C. The lowest BCUT2D eigenvalue weighted by Gasteiger charge is -2.23. The van der Waals surface area contributed by atoms with E-state index in [1.54, 1.807) is 32.3 Å². The van der Waals surface area contributed by atoms with E-state index in [9.17, 15) is 9.59 Å². The summed E-state index contributed by atoms with van der Waals surface area (Å²) in [6.45, 7) is 4.27. The Balaban J connectivity index is 2.92. The van der Waals surface area contributed by atoms with Crippen LogP contribution in [0.3, 0.4) is 0 Å². The second-order valence-electron chi connectivity index (χ2n) is 4.68. The van der Waals surface area contributed by atoms with Crippen LogP contribution >= 0.6 is 0 Å². The highest BCUT2D eigenvalue weighted by Crippen LogP contribution is 2.14. The van der Waals surface area contributed by atoms with Crippen LogP contribution in [0.5, 0.6) is 0 Å². The number of rotatable bonds is 4. The van der Waals surface area contributed by atoms with Crippen molar-refractivity contribution in [2.24, 2.45) is 0 Å². The minimum Gasteiger partial charge on any atom is -0.399 e. The van der Waals surface area contributed by atoms with Crippen molar-refractivity contribution in [1.82, 2.24) is 9.80 Å². The van der Waals surface area contributed by atoms with E-state index in [-0.39, 0.29) is 18.4 Å². The molecule has 0 saturated heterocycles. The molecule has 0 saturated carbocycles. The first kappa shape index (κ1) is 15.0. The number of nitrogen functional groups attached to an aromatic ring is 1. The molecule has 19 heavy (non-hydrogen) atoms. The first-order valence-electron chi connectivity index (χ1n) is 6.22. The van der Waals surface area contributed by atoms with E-state index in [0.717, 1.165) is 5.56 Å². The molecule has 0 heterocycles. The predicted octanol–water partition coefficient (Wildman–Crippen LogP) is 1.13. The molecule has 0 atom stereocenters. The lowest BCUT2D eigenvalue weighted by molar-refractivity contribution is -0.129. The third-order valence-electron chi connectivity index (χ3n) is 2.97. The Kier molecular flexibility index (Phi) is 4.92. The summed E-state index contributed by atoms with van der Waals surface area (Å²) in [7, 11) is 3.35. The second kappa shape index (κ2) is 6.22. The van der Waals surface area contributed by atoms with Gasteiger partial charge in [-0.3, -0.25) is 9.59 Å². The van der Waals surface area contributed by atoms with Crippen LogP contribution in [0.1, 0.15) is 22.8 Å². The Hall–Kier alpha value is -2.04. The Bertz CT molecular complexity index is 484. The van der Waals surface area contributed by atoms with E-state index in [4.69, 9.17) is 5.73 Å². The van der Waals surface area contributed by atoms with Gasteiger partial charge >= 0.3 is 0 Å². The lowest BCUT2D eigenvalue weighted by Crippen LogP contribution is -2.40. The van der Waals surface area contributed by atoms with Gasteiger partial charge in [0.15, 0.2) is 0 Å². The lowest BCUT2D eigenvalue weighted by atomic mass is 10.1. The molecule has 0 spiro atoms. The molecule has 1 aromatic carbocycles. The Morgan fingerprint density at radius 2 is 1.89 bits per heavy atom. The number of carbonyl (C=O) groups is 2. The number of hydrogen-bond donors (Lipinski definition) is 1. The molecule has 0 aliphatic rings. The summed E-state index contributed by atoms with van der Waals surface area (Å²) < 4.78 is 0. The van der Waals surface area contributed by atoms with Crippen LogP contribution in [0.25, 0.3) is 0 Å². The average molecular weight is 263 g/mol. The van der Waals surface area contributed by atoms with Gasteiger partial charge in [-0.2, -0.15) is 0 Å². The van der Waals surface area contributed by atoms with Crippen LogP contribution in [0.15, 0.2) is 18.2 Å². The van der Waals surface area contributed by atoms with E-state index in [1.165, 1.54) is 9.80 Å². The monoisotopic (exact) mass is 263 g/mol. The molecule has 0 bridgehead atoms. The number of hydrogen-bond acceptors (Lipinski definition) is 3. The van der Waals surface area contributed by atoms with E-state index < -0.39 is 0 Å². The summed E-state index contributed by atoms with van der Waals surface area (Å²) in [6, 6.07) is 5.16. The molecule has 0 fully saturated rings. The van der Waals surface area contributed by atoms with Gasteiger partial charge in [-0.15, -0.1) is 0 Å². The summed E-state index contributed by atoms with van der Waals surface area (Å²) in [6.07, 6.45) is 0. The van der Waals surface area contributed by atoms with E-state index in [1.807, 2.05) is 13.8 Å². The highest BCUT2D eigenvalue weighted by Gasteiger charge is 2.19. The first-order chi connectivity index (χ1) is 8.86. The average Bonchev–Trinajstić information content (AvgIpc) is 2.34.